The van der Waals surface area contributed by atoms with Gasteiger partial charge in [-0.2, -0.15) is 5.10 Å². The van der Waals surface area contributed by atoms with Crippen molar-refractivity contribution in [2.24, 2.45) is 5.92 Å². The fourth-order valence-electron chi connectivity index (χ4n) is 5.34. The first-order valence-electron chi connectivity index (χ1n) is 14.0. The summed E-state index contributed by atoms with van der Waals surface area (Å²) < 4.78 is 0. The smallest absolute Gasteiger partial charge is 0.255 e. The number of nitrogens with zero attached hydrogens (tertiary/aromatic N) is 3. The van der Waals surface area contributed by atoms with Crippen LogP contribution in [0.5, 0.6) is 0 Å². The minimum Gasteiger partial charge on any atom is -0.325 e. The number of aromatic amines is 2. The summed E-state index contributed by atoms with van der Waals surface area (Å²) in [6.45, 7) is 6.14. The lowest BCUT2D eigenvalue weighted by molar-refractivity contribution is -0.121. The normalized spacial score (nSPS) is 14.5. The van der Waals surface area contributed by atoms with E-state index in [4.69, 9.17) is 0 Å². The van der Waals surface area contributed by atoms with E-state index in [0.717, 1.165) is 53.6 Å². The largest absolute Gasteiger partial charge is 0.325 e. The summed E-state index contributed by atoms with van der Waals surface area (Å²) in [4.78, 5) is 36.0. The van der Waals surface area contributed by atoms with Gasteiger partial charge in [0.2, 0.25) is 11.9 Å². The second kappa shape index (κ2) is 11.1. The molecule has 0 bridgehead atoms. The Balaban J connectivity index is 1.14. The van der Waals surface area contributed by atoms with Crippen molar-refractivity contribution in [2.75, 3.05) is 36.1 Å². The number of anilines is 4. The molecule has 0 radical (unpaired) electrons. The molecule has 0 unspecified atom stereocenters. The van der Waals surface area contributed by atoms with Gasteiger partial charge in [-0.3, -0.25) is 14.7 Å². The summed E-state index contributed by atoms with van der Waals surface area (Å²) >= 11 is 0. The number of fused-ring (bicyclic) bond motifs is 2. The minimum absolute atomic E-state index is 0.000524. The van der Waals surface area contributed by atoms with Crippen LogP contribution in [0.3, 0.4) is 0 Å². The van der Waals surface area contributed by atoms with E-state index in [1.807, 2.05) is 42.5 Å². The molecule has 10 heteroatoms. The Kier molecular flexibility index (Phi) is 7.15. The predicted octanol–water partition coefficient (Wildman–Crippen LogP) is 5.84. The lowest BCUT2D eigenvalue weighted by Gasteiger charge is -2.27. The summed E-state index contributed by atoms with van der Waals surface area (Å²) in [7, 11) is 2.07. The molecule has 2 amide bonds. The molecule has 1 fully saturated rings. The Hall–Kier alpha value is -4.70. The van der Waals surface area contributed by atoms with Gasteiger partial charge in [-0.1, -0.05) is 32.0 Å². The zero-order valence-corrected chi connectivity index (χ0v) is 23.4. The summed E-state index contributed by atoms with van der Waals surface area (Å²) in [5, 5.41) is 17.4. The number of piperidine rings is 1. The fraction of sp³-hybridized carbons (Fsp3) is 0.290. The zero-order chi connectivity index (χ0) is 28.5. The SMILES string of the molecule is CC(C)c1ccccc1Nc1nc2ccc(C(=O)Nc3ccc4c(NC(=O)C5CCN(C)CC5)n[nH]c4c3)cc2[nH]1. The highest BCUT2D eigenvalue weighted by Crippen LogP contribution is 2.28. The number of carbonyl (C=O) groups excluding carboxylic acids is 2. The quantitative estimate of drug-likeness (QED) is 0.173. The van der Waals surface area contributed by atoms with E-state index in [0.29, 0.717) is 28.9 Å². The minimum atomic E-state index is -0.240. The lowest BCUT2D eigenvalue weighted by Crippen LogP contribution is -2.36. The summed E-state index contributed by atoms with van der Waals surface area (Å²) in [6.07, 6.45) is 1.68. The predicted molar refractivity (Wildman–Crippen MR) is 163 cm³/mol. The number of para-hydroxylation sites is 1. The van der Waals surface area contributed by atoms with Crippen LogP contribution in [0.1, 0.15) is 48.5 Å². The van der Waals surface area contributed by atoms with Crippen LogP contribution in [0, 0.1) is 5.92 Å². The maximum Gasteiger partial charge on any atom is 0.255 e. The number of H-pyrrole nitrogens is 2. The van der Waals surface area contributed by atoms with Gasteiger partial charge in [0.05, 0.1) is 16.6 Å². The Morgan fingerprint density at radius 3 is 2.59 bits per heavy atom. The van der Waals surface area contributed by atoms with Gasteiger partial charge in [-0.25, -0.2) is 4.98 Å². The Morgan fingerprint density at radius 1 is 0.976 bits per heavy atom. The molecule has 0 saturated carbocycles. The first kappa shape index (κ1) is 26.5. The number of hydrogen-bond acceptors (Lipinski definition) is 6. The monoisotopic (exact) mass is 550 g/mol. The average molecular weight is 551 g/mol. The number of imidazole rings is 1. The molecule has 1 aliphatic rings. The topological polar surface area (TPSA) is 131 Å². The maximum atomic E-state index is 13.1. The molecule has 0 spiro atoms. The van der Waals surface area contributed by atoms with Crippen LogP contribution in [0.15, 0.2) is 60.7 Å². The molecule has 6 rings (SSSR count). The molecule has 1 saturated heterocycles. The standard InChI is InChI=1S/C31H34N8O2/c1-18(2)22-6-4-5-7-24(22)33-31-34-25-11-8-20(16-27(25)35-31)30(41)32-21-9-10-23-26(17-21)37-38-28(23)36-29(40)19-12-14-39(3)15-13-19/h4-11,16-19H,12-15H2,1-3H3,(H,32,41)(H2,33,34,35)(H2,36,37,38,40). The van der Waals surface area contributed by atoms with E-state index in [-0.39, 0.29) is 17.7 Å². The molecule has 1 aliphatic heterocycles. The van der Waals surface area contributed by atoms with E-state index in [2.05, 4.69) is 68.0 Å². The molecule has 41 heavy (non-hydrogen) atoms. The number of hydrogen-bond donors (Lipinski definition) is 5. The molecule has 5 N–H and O–H groups in total. The maximum absolute atomic E-state index is 13.1. The molecule has 2 aromatic heterocycles. The number of rotatable bonds is 7. The number of nitrogens with one attached hydrogen (secondary N) is 5. The third-order valence-corrected chi connectivity index (χ3v) is 7.73. The van der Waals surface area contributed by atoms with Crippen LogP contribution in [0.2, 0.25) is 0 Å². The van der Waals surface area contributed by atoms with Crippen molar-refractivity contribution >= 4 is 56.9 Å². The summed E-state index contributed by atoms with van der Waals surface area (Å²) in [5.74, 6) is 1.25. The number of aromatic nitrogens is 4. The van der Waals surface area contributed by atoms with Crippen LogP contribution in [-0.2, 0) is 4.79 Å². The van der Waals surface area contributed by atoms with Crippen molar-refractivity contribution in [2.45, 2.75) is 32.6 Å². The van der Waals surface area contributed by atoms with Crippen LogP contribution < -0.4 is 16.0 Å². The van der Waals surface area contributed by atoms with Gasteiger partial charge in [-0.15, -0.1) is 0 Å². The van der Waals surface area contributed by atoms with Crippen LogP contribution in [0.4, 0.5) is 23.1 Å². The number of likely N-dealkylation sites (tertiary alicyclic amines) is 1. The van der Waals surface area contributed by atoms with Gasteiger partial charge in [0.15, 0.2) is 5.82 Å². The van der Waals surface area contributed by atoms with Crippen molar-refractivity contribution in [1.29, 1.82) is 0 Å². The van der Waals surface area contributed by atoms with E-state index < -0.39 is 0 Å². The second-order valence-electron chi connectivity index (χ2n) is 11.0. The Bertz CT molecular complexity index is 1730. The van der Waals surface area contributed by atoms with Gasteiger partial charge in [-0.05, 0) is 86.9 Å². The molecular formula is C31H34N8O2. The van der Waals surface area contributed by atoms with Crippen molar-refractivity contribution in [3.63, 3.8) is 0 Å². The van der Waals surface area contributed by atoms with Gasteiger partial charge < -0.3 is 25.8 Å². The summed E-state index contributed by atoms with van der Waals surface area (Å²) in [5.41, 5.74) is 5.58. The van der Waals surface area contributed by atoms with Crippen molar-refractivity contribution in [3.8, 4) is 0 Å². The fourth-order valence-corrected chi connectivity index (χ4v) is 5.34. The second-order valence-corrected chi connectivity index (χ2v) is 11.0. The first-order chi connectivity index (χ1) is 19.8. The lowest BCUT2D eigenvalue weighted by atomic mass is 9.96. The highest BCUT2D eigenvalue weighted by molar-refractivity contribution is 6.07. The van der Waals surface area contributed by atoms with E-state index in [1.54, 1.807) is 12.1 Å². The van der Waals surface area contributed by atoms with E-state index >= 15 is 0 Å². The third-order valence-electron chi connectivity index (χ3n) is 7.73. The molecule has 3 heterocycles. The highest BCUT2D eigenvalue weighted by Gasteiger charge is 2.24. The van der Waals surface area contributed by atoms with Gasteiger partial charge in [0.25, 0.3) is 5.91 Å². The third kappa shape index (κ3) is 5.64. The summed E-state index contributed by atoms with van der Waals surface area (Å²) in [6, 6.07) is 19.0. The van der Waals surface area contributed by atoms with E-state index in [9.17, 15) is 9.59 Å². The average Bonchev–Trinajstić information content (AvgIpc) is 3.56. The highest BCUT2D eigenvalue weighted by atomic mass is 16.2. The molecule has 0 atom stereocenters. The molecule has 210 valence electrons. The number of amides is 2. The Labute approximate surface area is 237 Å². The van der Waals surface area contributed by atoms with E-state index in [1.165, 1.54) is 5.56 Å². The number of carbonyl (C=O) groups is 2. The van der Waals surface area contributed by atoms with Gasteiger partial charge >= 0.3 is 0 Å². The molecule has 5 aromatic rings. The number of benzene rings is 3. The molecule has 3 aromatic carbocycles. The Morgan fingerprint density at radius 2 is 1.78 bits per heavy atom. The van der Waals surface area contributed by atoms with Crippen molar-refractivity contribution < 1.29 is 9.59 Å². The van der Waals surface area contributed by atoms with Crippen molar-refractivity contribution in [1.82, 2.24) is 25.1 Å². The molecular weight excluding hydrogens is 516 g/mol. The van der Waals surface area contributed by atoms with Crippen LogP contribution >= 0.6 is 0 Å². The van der Waals surface area contributed by atoms with Gasteiger partial charge in [0.1, 0.15) is 0 Å². The van der Waals surface area contributed by atoms with Crippen LogP contribution in [-0.4, -0.2) is 57.0 Å². The van der Waals surface area contributed by atoms with Crippen molar-refractivity contribution in [3.05, 3.63) is 71.8 Å². The molecule has 0 aliphatic carbocycles. The molecule has 10 nitrogen and oxygen atoms in total. The zero-order valence-electron chi connectivity index (χ0n) is 23.4. The van der Waals surface area contributed by atoms with Crippen LogP contribution in [0.25, 0.3) is 21.9 Å². The first-order valence-corrected chi connectivity index (χ1v) is 14.0. The van der Waals surface area contributed by atoms with Gasteiger partial charge in [0, 0.05) is 28.2 Å².